The van der Waals surface area contributed by atoms with Gasteiger partial charge in [-0.15, -0.1) is 0 Å². The quantitative estimate of drug-likeness (QED) is 0.641. The molecule has 0 aromatic carbocycles. The van der Waals surface area contributed by atoms with Gasteiger partial charge < -0.3 is 19.7 Å². The van der Waals surface area contributed by atoms with Crippen molar-refractivity contribution < 1.29 is 28.9 Å². The molecule has 0 aliphatic carbocycles. The van der Waals surface area contributed by atoms with Crippen molar-refractivity contribution in [2.24, 2.45) is 0 Å². The highest BCUT2D eigenvalue weighted by atomic mass is 19.1. The fourth-order valence-corrected chi connectivity index (χ4v) is 2.42. The van der Waals surface area contributed by atoms with E-state index in [1.165, 1.54) is 6.92 Å². The molecule has 1 fully saturated rings. The number of hydrogen-bond acceptors (Lipinski definition) is 7. The van der Waals surface area contributed by atoms with Gasteiger partial charge in [-0.1, -0.05) is 19.8 Å². The Bertz CT molecular complexity index is 667. The van der Waals surface area contributed by atoms with Gasteiger partial charge in [-0.25, -0.2) is 14.0 Å². The number of carbonyl (C=O) groups excluding carboxylic acids is 1. The topological polar surface area (TPSA) is 123 Å². The number of amides is 1. The first kappa shape index (κ1) is 19.3. The number of rotatable bonds is 6. The molecule has 1 saturated heterocycles. The third kappa shape index (κ3) is 4.53. The molecule has 2 rings (SSSR count). The van der Waals surface area contributed by atoms with Crippen LogP contribution < -0.4 is 11.0 Å². The minimum atomic E-state index is -1.41. The minimum Gasteiger partial charge on any atom is -0.449 e. The summed E-state index contributed by atoms with van der Waals surface area (Å²) < 4.78 is 24.9. The first-order valence-electron chi connectivity index (χ1n) is 8.09. The lowest BCUT2D eigenvalue weighted by atomic mass is 10.1. The van der Waals surface area contributed by atoms with E-state index in [1.54, 1.807) is 0 Å². The van der Waals surface area contributed by atoms with Crippen LogP contribution in [0.2, 0.25) is 0 Å². The summed E-state index contributed by atoms with van der Waals surface area (Å²) in [6.45, 7) is 3.68. The third-order valence-electron chi connectivity index (χ3n) is 3.86. The molecule has 0 unspecified atom stereocenters. The molecule has 1 amide bonds. The molecule has 4 atom stereocenters. The molecule has 0 saturated carbocycles. The zero-order valence-electron chi connectivity index (χ0n) is 14.0. The van der Waals surface area contributed by atoms with Gasteiger partial charge in [0.15, 0.2) is 17.9 Å². The van der Waals surface area contributed by atoms with Gasteiger partial charge in [0.1, 0.15) is 12.2 Å². The van der Waals surface area contributed by atoms with Gasteiger partial charge in [0, 0.05) is 0 Å². The Morgan fingerprint density at radius 3 is 2.76 bits per heavy atom. The summed E-state index contributed by atoms with van der Waals surface area (Å²) in [5.74, 6) is -1.59. The second-order valence-corrected chi connectivity index (χ2v) is 5.81. The lowest BCUT2D eigenvalue weighted by Crippen LogP contribution is -2.36. The Morgan fingerprint density at radius 2 is 2.16 bits per heavy atom. The van der Waals surface area contributed by atoms with Crippen LogP contribution in [-0.2, 0) is 9.47 Å². The Hall–Kier alpha value is -2.04. The number of aliphatic hydroxyl groups excluding tert-OH is 2. The summed E-state index contributed by atoms with van der Waals surface area (Å²) in [6.07, 6.45) is -2.25. The smallest absolute Gasteiger partial charge is 0.412 e. The van der Waals surface area contributed by atoms with Crippen molar-refractivity contribution in [3.05, 3.63) is 22.5 Å². The second kappa shape index (κ2) is 8.37. The maximum Gasteiger partial charge on any atom is 0.412 e. The van der Waals surface area contributed by atoms with Gasteiger partial charge in [-0.05, 0) is 13.3 Å². The Kier molecular flexibility index (Phi) is 6.45. The molecule has 25 heavy (non-hydrogen) atoms. The summed E-state index contributed by atoms with van der Waals surface area (Å²) in [6, 6.07) is 0. The molecule has 0 spiro atoms. The Morgan fingerprint density at radius 1 is 1.44 bits per heavy atom. The second-order valence-electron chi connectivity index (χ2n) is 5.81. The Balaban J connectivity index is 2.07. The maximum atomic E-state index is 14.1. The average Bonchev–Trinajstić information content (AvgIpc) is 2.82. The predicted molar refractivity (Wildman–Crippen MR) is 84.5 cm³/mol. The highest BCUT2D eigenvalue weighted by molar-refractivity contribution is 5.83. The van der Waals surface area contributed by atoms with Gasteiger partial charge in [0.05, 0.1) is 18.9 Å². The Labute approximate surface area is 143 Å². The zero-order valence-corrected chi connectivity index (χ0v) is 14.0. The SMILES string of the molecule is CCCCCOC(=O)Nc1nc(=O)n([C@H]2O[C@H](C)[C@@H](O)[C@H]2O)cc1F. The van der Waals surface area contributed by atoms with E-state index in [0.29, 0.717) is 6.42 Å². The monoisotopic (exact) mass is 359 g/mol. The van der Waals surface area contributed by atoms with E-state index in [9.17, 15) is 24.2 Å². The van der Waals surface area contributed by atoms with Crippen LogP contribution >= 0.6 is 0 Å². The number of carbonyl (C=O) groups is 1. The largest absolute Gasteiger partial charge is 0.449 e. The van der Waals surface area contributed by atoms with Crippen LogP contribution in [0.3, 0.4) is 0 Å². The van der Waals surface area contributed by atoms with Gasteiger partial charge >= 0.3 is 11.8 Å². The van der Waals surface area contributed by atoms with Gasteiger partial charge in [-0.3, -0.25) is 9.88 Å². The molecule has 10 heteroatoms. The molecule has 1 aliphatic rings. The number of nitrogens with one attached hydrogen (secondary N) is 1. The third-order valence-corrected chi connectivity index (χ3v) is 3.86. The standard InChI is InChI=1S/C15H22FN3O6/c1-3-4-5-6-24-15(23)18-12-9(16)7-19(14(22)17-12)13-11(21)10(20)8(2)25-13/h7-8,10-11,13,20-21H,3-6H2,1-2H3,(H,17,18,22,23)/t8-,10-,11-,13+/m1/s1. The van der Waals surface area contributed by atoms with E-state index < -0.39 is 48.0 Å². The fourth-order valence-electron chi connectivity index (χ4n) is 2.42. The molecule has 2 heterocycles. The summed E-state index contributed by atoms with van der Waals surface area (Å²) in [7, 11) is 0. The van der Waals surface area contributed by atoms with Crippen LogP contribution in [-0.4, -0.2) is 50.8 Å². The van der Waals surface area contributed by atoms with Crippen LogP contribution in [0.4, 0.5) is 15.0 Å². The van der Waals surface area contributed by atoms with Crippen LogP contribution in [0.25, 0.3) is 0 Å². The molecule has 3 N–H and O–H groups in total. The van der Waals surface area contributed by atoms with Gasteiger partial charge in [-0.2, -0.15) is 4.98 Å². The first-order valence-corrected chi connectivity index (χ1v) is 8.09. The number of hydrogen-bond donors (Lipinski definition) is 3. The van der Waals surface area contributed by atoms with Crippen LogP contribution in [0.1, 0.15) is 39.3 Å². The van der Waals surface area contributed by atoms with Crippen molar-refractivity contribution in [3.8, 4) is 0 Å². The molecule has 1 aromatic rings. The highest BCUT2D eigenvalue weighted by Gasteiger charge is 2.42. The highest BCUT2D eigenvalue weighted by Crippen LogP contribution is 2.28. The summed E-state index contributed by atoms with van der Waals surface area (Å²) in [5.41, 5.74) is -0.951. The van der Waals surface area contributed by atoms with E-state index in [-0.39, 0.29) is 6.61 Å². The van der Waals surface area contributed by atoms with Crippen molar-refractivity contribution in [1.29, 1.82) is 0 Å². The summed E-state index contributed by atoms with van der Waals surface area (Å²) in [4.78, 5) is 27.0. The van der Waals surface area contributed by atoms with Crippen molar-refractivity contribution >= 4 is 11.9 Å². The van der Waals surface area contributed by atoms with Crippen LogP contribution in [0.15, 0.2) is 11.0 Å². The summed E-state index contributed by atoms with van der Waals surface area (Å²) in [5, 5.41) is 21.6. The van der Waals surface area contributed by atoms with Crippen molar-refractivity contribution in [2.75, 3.05) is 11.9 Å². The average molecular weight is 359 g/mol. The number of halogens is 1. The van der Waals surface area contributed by atoms with Crippen LogP contribution in [0, 0.1) is 5.82 Å². The van der Waals surface area contributed by atoms with Gasteiger partial charge in [0.25, 0.3) is 0 Å². The van der Waals surface area contributed by atoms with Crippen molar-refractivity contribution in [1.82, 2.24) is 9.55 Å². The molecule has 140 valence electrons. The molecular formula is C15H22FN3O6. The number of anilines is 1. The van der Waals surface area contributed by atoms with Crippen molar-refractivity contribution in [3.63, 3.8) is 0 Å². The normalized spacial score (nSPS) is 25.8. The fraction of sp³-hybridized carbons (Fsp3) is 0.667. The molecule has 1 aromatic heterocycles. The van der Waals surface area contributed by atoms with E-state index in [1.807, 2.05) is 6.92 Å². The van der Waals surface area contributed by atoms with E-state index >= 15 is 0 Å². The molecular weight excluding hydrogens is 337 g/mol. The minimum absolute atomic E-state index is 0.177. The van der Waals surface area contributed by atoms with Gasteiger partial charge in [0.2, 0.25) is 0 Å². The number of aromatic nitrogens is 2. The van der Waals surface area contributed by atoms with E-state index in [0.717, 1.165) is 23.6 Å². The number of nitrogens with zero attached hydrogens (tertiary/aromatic N) is 2. The number of aliphatic hydroxyl groups is 2. The van der Waals surface area contributed by atoms with E-state index in [4.69, 9.17) is 9.47 Å². The van der Waals surface area contributed by atoms with Crippen LogP contribution in [0.5, 0.6) is 0 Å². The lowest BCUT2D eigenvalue weighted by Gasteiger charge is -2.17. The number of ether oxygens (including phenoxy) is 2. The zero-order chi connectivity index (χ0) is 18.6. The lowest BCUT2D eigenvalue weighted by molar-refractivity contribution is -0.0355. The van der Waals surface area contributed by atoms with Crippen molar-refractivity contribution in [2.45, 2.75) is 57.6 Å². The van der Waals surface area contributed by atoms with E-state index in [2.05, 4.69) is 10.3 Å². The molecule has 0 radical (unpaired) electrons. The first-order chi connectivity index (χ1) is 11.8. The number of unbranched alkanes of at least 4 members (excludes halogenated alkanes) is 2. The predicted octanol–water partition coefficient (Wildman–Crippen LogP) is 0.760. The summed E-state index contributed by atoms with van der Waals surface area (Å²) >= 11 is 0. The maximum absolute atomic E-state index is 14.1. The molecule has 9 nitrogen and oxygen atoms in total. The molecule has 1 aliphatic heterocycles. The molecule has 0 bridgehead atoms.